The maximum Gasteiger partial charge on any atom is 0.222 e. The lowest BCUT2D eigenvalue weighted by molar-refractivity contribution is 1.000. The Bertz CT molecular complexity index is 854. The van der Waals surface area contributed by atoms with E-state index in [1.165, 1.54) is 5.56 Å². The van der Waals surface area contributed by atoms with Crippen molar-refractivity contribution in [1.29, 1.82) is 5.26 Å². The summed E-state index contributed by atoms with van der Waals surface area (Å²) in [5.41, 5.74) is 8.84. The zero-order valence-corrected chi connectivity index (χ0v) is 13.1. The Kier molecular flexibility index (Phi) is 4.68. The molecule has 0 bridgehead atoms. The summed E-state index contributed by atoms with van der Waals surface area (Å²) in [5, 5.41) is 12.8. The molecule has 24 heavy (non-hydrogen) atoms. The van der Waals surface area contributed by atoms with Crippen molar-refractivity contribution < 1.29 is 0 Å². The number of nitrogens with one attached hydrogen (secondary N) is 1. The first kappa shape index (κ1) is 15.5. The van der Waals surface area contributed by atoms with Gasteiger partial charge in [0.25, 0.3) is 0 Å². The predicted octanol–water partition coefficient (Wildman–Crippen LogP) is 3.25. The number of nitrogen functional groups attached to an aromatic ring is 1. The van der Waals surface area contributed by atoms with Crippen LogP contribution in [0, 0.1) is 11.3 Å². The highest BCUT2D eigenvalue weighted by Crippen LogP contribution is 2.26. The van der Waals surface area contributed by atoms with Crippen LogP contribution in [0.2, 0.25) is 0 Å². The Morgan fingerprint density at radius 2 is 1.62 bits per heavy atom. The fourth-order valence-corrected chi connectivity index (χ4v) is 2.49. The van der Waals surface area contributed by atoms with Gasteiger partial charge in [0.1, 0.15) is 17.5 Å². The van der Waals surface area contributed by atoms with E-state index >= 15 is 0 Å². The first-order chi connectivity index (χ1) is 11.8. The van der Waals surface area contributed by atoms with Gasteiger partial charge in [-0.3, -0.25) is 0 Å². The Morgan fingerprint density at radius 1 is 0.958 bits per heavy atom. The average molecular weight is 315 g/mol. The lowest BCUT2D eigenvalue weighted by Gasteiger charge is -2.11. The summed E-state index contributed by atoms with van der Waals surface area (Å²) in [6, 6.07) is 21.8. The van der Waals surface area contributed by atoms with Gasteiger partial charge in [-0.1, -0.05) is 60.7 Å². The second-order valence-corrected chi connectivity index (χ2v) is 5.29. The number of anilines is 2. The molecule has 3 aromatic rings. The maximum absolute atomic E-state index is 9.56. The molecule has 118 valence electrons. The molecule has 5 nitrogen and oxygen atoms in total. The van der Waals surface area contributed by atoms with Crippen molar-refractivity contribution in [2.75, 3.05) is 17.6 Å². The minimum atomic E-state index is 0.148. The fourth-order valence-electron chi connectivity index (χ4n) is 2.49. The molecule has 1 heterocycles. The Hall–Kier alpha value is -3.39. The van der Waals surface area contributed by atoms with Crippen molar-refractivity contribution >= 4 is 11.8 Å². The van der Waals surface area contributed by atoms with Crippen LogP contribution >= 0.6 is 0 Å². The molecule has 0 saturated heterocycles. The molecular weight excluding hydrogens is 298 g/mol. The fraction of sp³-hybridized carbons (Fsp3) is 0.105. The number of hydrogen-bond donors (Lipinski definition) is 2. The minimum Gasteiger partial charge on any atom is -0.368 e. The van der Waals surface area contributed by atoms with E-state index in [0.717, 1.165) is 12.0 Å². The van der Waals surface area contributed by atoms with E-state index in [4.69, 9.17) is 5.73 Å². The summed E-state index contributed by atoms with van der Waals surface area (Å²) in [5.74, 6) is 0.620. The van der Waals surface area contributed by atoms with Crippen molar-refractivity contribution in [3.05, 3.63) is 71.8 Å². The van der Waals surface area contributed by atoms with Crippen molar-refractivity contribution in [2.24, 2.45) is 0 Å². The lowest BCUT2D eigenvalue weighted by Crippen LogP contribution is -2.11. The standard InChI is InChI=1S/C19H17N5/c20-13-16-17(15-9-5-2-6-10-15)23-19(21)24-18(16)22-12-11-14-7-3-1-4-8-14/h1-10H,11-12H2,(H3,21,22,23,24). The molecule has 0 atom stereocenters. The number of nitriles is 1. The average Bonchev–Trinajstić information content (AvgIpc) is 2.63. The van der Waals surface area contributed by atoms with Crippen LogP contribution in [0.4, 0.5) is 11.8 Å². The molecule has 0 aliphatic heterocycles. The first-order valence-corrected chi connectivity index (χ1v) is 7.69. The molecule has 1 aromatic heterocycles. The second-order valence-electron chi connectivity index (χ2n) is 5.29. The number of rotatable bonds is 5. The van der Waals surface area contributed by atoms with Crippen LogP contribution in [-0.2, 0) is 6.42 Å². The summed E-state index contributed by atoms with van der Waals surface area (Å²) < 4.78 is 0. The van der Waals surface area contributed by atoms with Gasteiger partial charge in [0.15, 0.2) is 0 Å². The quantitative estimate of drug-likeness (QED) is 0.754. The third kappa shape index (κ3) is 3.50. The molecule has 0 aliphatic rings. The van der Waals surface area contributed by atoms with E-state index in [0.29, 0.717) is 23.6 Å². The van der Waals surface area contributed by atoms with Gasteiger partial charge < -0.3 is 11.1 Å². The SMILES string of the molecule is N#Cc1c(NCCc2ccccc2)nc(N)nc1-c1ccccc1. The molecule has 0 radical (unpaired) electrons. The molecule has 0 unspecified atom stereocenters. The van der Waals surface area contributed by atoms with Crippen LogP contribution in [-0.4, -0.2) is 16.5 Å². The number of benzene rings is 2. The molecule has 3 N–H and O–H groups in total. The molecule has 0 aliphatic carbocycles. The van der Waals surface area contributed by atoms with Crippen LogP contribution < -0.4 is 11.1 Å². The van der Waals surface area contributed by atoms with E-state index in [1.54, 1.807) is 0 Å². The first-order valence-electron chi connectivity index (χ1n) is 7.69. The van der Waals surface area contributed by atoms with E-state index in [2.05, 4.69) is 33.5 Å². The van der Waals surface area contributed by atoms with Gasteiger partial charge in [0, 0.05) is 12.1 Å². The highest BCUT2D eigenvalue weighted by Gasteiger charge is 2.14. The van der Waals surface area contributed by atoms with Crippen molar-refractivity contribution in [3.63, 3.8) is 0 Å². The Morgan fingerprint density at radius 3 is 2.29 bits per heavy atom. The molecular formula is C19H17N5. The summed E-state index contributed by atoms with van der Waals surface area (Å²) in [6.45, 7) is 0.656. The van der Waals surface area contributed by atoms with Crippen LogP contribution in [0.1, 0.15) is 11.1 Å². The van der Waals surface area contributed by atoms with E-state index in [9.17, 15) is 5.26 Å². The van der Waals surface area contributed by atoms with Gasteiger partial charge in [0.2, 0.25) is 5.95 Å². The van der Waals surface area contributed by atoms with E-state index in [1.807, 2.05) is 48.5 Å². The minimum absolute atomic E-state index is 0.148. The molecule has 0 saturated carbocycles. The number of nitrogens with zero attached hydrogens (tertiary/aromatic N) is 3. The third-order valence-corrected chi connectivity index (χ3v) is 3.63. The normalized spacial score (nSPS) is 10.1. The van der Waals surface area contributed by atoms with Gasteiger partial charge in [-0.15, -0.1) is 0 Å². The summed E-state index contributed by atoms with van der Waals surface area (Å²) >= 11 is 0. The van der Waals surface area contributed by atoms with Gasteiger partial charge in [-0.2, -0.15) is 10.2 Å². The van der Waals surface area contributed by atoms with Crippen molar-refractivity contribution in [1.82, 2.24) is 9.97 Å². The predicted molar refractivity (Wildman–Crippen MR) is 95.2 cm³/mol. The van der Waals surface area contributed by atoms with Crippen molar-refractivity contribution in [3.8, 4) is 17.3 Å². The van der Waals surface area contributed by atoms with Crippen molar-refractivity contribution in [2.45, 2.75) is 6.42 Å². The van der Waals surface area contributed by atoms with E-state index in [-0.39, 0.29) is 5.95 Å². The van der Waals surface area contributed by atoms with Gasteiger partial charge in [0.05, 0.1) is 5.69 Å². The number of hydrogen-bond acceptors (Lipinski definition) is 5. The lowest BCUT2D eigenvalue weighted by atomic mass is 10.1. The molecule has 0 amide bonds. The maximum atomic E-state index is 9.56. The van der Waals surface area contributed by atoms with E-state index < -0.39 is 0 Å². The molecule has 0 fully saturated rings. The topological polar surface area (TPSA) is 87.6 Å². The van der Waals surface area contributed by atoms with Gasteiger partial charge in [-0.05, 0) is 12.0 Å². The highest BCUT2D eigenvalue weighted by molar-refractivity contribution is 5.73. The Balaban J connectivity index is 1.85. The van der Waals surface area contributed by atoms with Gasteiger partial charge in [-0.25, -0.2) is 4.98 Å². The molecule has 5 heteroatoms. The summed E-state index contributed by atoms with van der Waals surface area (Å²) in [6.07, 6.45) is 0.830. The van der Waals surface area contributed by atoms with Gasteiger partial charge >= 0.3 is 0 Å². The highest BCUT2D eigenvalue weighted by atomic mass is 15.1. The smallest absolute Gasteiger partial charge is 0.222 e. The van der Waals surface area contributed by atoms with Crippen LogP contribution in [0.25, 0.3) is 11.3 Å². The van der Waals surface area contributed by atoms with Crippen LogP contribution in [0.15, 0.2) is 60.7 Å². The number of aromatic nitrogens is 2. The summed E-state index contributed by atoms with van der Waals surface area (Å²) in [4.78, 5) is 8.44. The van der Waals surface area contributed by atoms with Crippen LogP contribution in [0.3, 0.4) is 0 Å². The number of nitrogens with two attached hydrogens (primary N) is 1. The molecule has 2 aromatic carbocycles. The molecule has 3 rings (SSSR count). The largest absolute Gasteiger partial charge is 0.368 e. The zero-order chi connectivity index (χ0) is 16.8. The monoisotopic (exact) mass is 315 g/mol. The molecule has 0 spiro atoms. The van der Waals surface area contributed by atoms with Crippen LogP contribution in [0.5, 0.6) is 0 Å². The summed E-state index contributed by atoms with van der Waals surface area (Å²) in [7, 11) is 0. The zero-order valence-electron chi connectivity index (χ0n) is 13.1. The second kappa shape index (κ2) is 7.25. The third-order valence-electron chi connectivity index (χ3n) is 3.63. The Labute approximate surface area is 140 Å².